The Balaban J connectivity index is 1.77. The normalized spacial score (nSPS) is 11.8. The zero-order valence-corrected chi connectivity index (χ0v) is 87.9. The molecule has 1 aliphatic rings. The van der Waals surface area contributed by atoms with Gasteiger partial charge in [-0.15, -0.1) is 0 Å². The summed E-state index contributed by atoms with van der Waals surface area (Å²) in [6.07, 6.45) is 81.2. The molecule has 0 saturated heterocycles. The van der Waals surface area contributed by atoms with Crippen LogP contribution in [0.15, 0.2) is 61.2 Å². The highest BCUT2D eigenvalue weighted by Crippen LogP contribution is 2.43. The zero-order chi connectivity index (χ0) is 98.3. The summed E-state index contributed by atoms with van der Waals surface area (Å²) in [5.41, 5.74) is 11.7. The zero-order valence-electron chi connectivity index (χ0n) is 87.9. The van der Waals surface area contributed by atoms with Crippen LogP contribution in [0.1, 0.15) is 512 Å². The topological polar surface area (TPSA) is 212 Å². The minimum atomic E-state index is -1.06. The summed E-state index contributed by atoms with van der Waals surface area (Å²) in [4.78, 5) is 88.7. The minimum Gasteiger partial charge on any atom is -0.493 e. The van der Waals surface area contributed by atoms with Gasteiger partial charge < -0.3 is 47.4 Å². The van der Waals surface area contributed by atoms with Crippen molar-refractivity contribution in [3.63, 3.8) is 0 Å². The van der Waals surface area contributed by atoms with Crippen LogP contribution in [0.2, 0.25) is 0 Å². The minimum absolute atomic E-state index is 0.0150. The third-order valence-electron chi connectivity index (χ3n) is 27.3. The molecule has 8 bridgehead atoms. The number of methoxy groups -OCH3 is 2. The first-order chi connectivity index (χ1) is 67.2. The number of unbranched alkanes of at least 4 members (excludes halogenated alkanes) is 56. The van der Waals surface area contributed by atoms with E-state index < -0.39 is 41.6 Å². The highest BCUT2D eigenvalue weighted by atomic mass is 16.6. The maximum atomic E-state index is 12.9. The predicted molar refractivity (Wildman–Crippen MR) is 561 cm³/mol. The Hall–Kier alpha value is -7.69. The molecule has 5 rings (SSSR count). The van der Waals surface area contributed by atoms with Crippen molar-refractivity contribution < 1.29 is 80.9 Å². The monoisotopic (exact) mass is 1910 g/mol. The number of hydrogen-bond donors (Lipinski definition) is 0. The van der Waals surface area contributed by atoms with Gasteiger partial charge in [-0.1, -0.05) is 442 Å². The molecule has 0 N–H and O–H groups in total. The van der Waals surface area contributed by atoms with Gasteiger partial charge in [0.25, 0.3) is 0 Å². The lowest BCUT2D eigenvalue weighted by molar-refractivity contribution is -0.165. The van der Waals surface area contributed by atoms with Gasteiger partial charge in [0.05, 0.1) is 67.1 Å². The number of fused-ring (bicyclic) bond motifs is 8. The second kappa shape index (κ2) is 80.9. The van der Waals surface area contributed by atoms with Gasteiger partial charge in [0.2, 0.25) is 5.78 Å². The molecular weight excluding hydrogens is 1710 g/mol. The van der Waals surface area contributed by atoms with E-state index in [-0.39, 0.29) is 26.4 Å². The largest absolute Gasteiger partial charge is 0.493 e. The highest BCUT2D eigenvalue weighted by molar-refractivity contribution is 6.32. The van der Waals surface area contributed by atoms with Crippen LogP contribution in [-0.4, -0.2) is 109 Å². The summed E-state index contributed by atoms with van der Waals surface area (Å²) in [5, 5.41) is 0. The number of ketones is 1. The molecule has 0 unspecified atom stereocenters. The third kappa shape index (κ3) is 56.5. The molecule has 774 valence electrons. The third-order valence-corrected chi connectivity index (χ3v) is 27.3. The molecule has 0 heterocycles. The van der Waals surface area contributed by atoms with E-state index in [0.717, 1.165) is 167 Å². The van der Waals surface area contributed by atoms with E-state index >= 15 is 0 Å². The smallest absolute Gasteiger partial charge is 0.417 e. The van der Waals surface area contributed by atoms with Crippen molar-refractivity contribution in [2.24, 2.45) is 0 Å². The summed E-state index contributed by atoms with van der Waals surface area (Å²) in [6, 6.07) is 18.1. The van der Waals surface area contributed by atoms with Gasteiger partial charge in [0.1, 0.15) is 23.0 Å². The second-order valence-corrected chi connectivity index (χ2v) is 39.6. The molecular formula is C120H192O17. The van der Waals surface area contributed by atoms with Crippen molar-refractivity contribution in [1.82, 2.24) is 0 Å². The molecule has 0 aromatic heterocycles. The average molecular weight is 1910 g/mol. The Morgan fingerprint density at radius 3 is 0.562 bits per heavy atom. The molecule has 0 amide bonds. The van der Waals surface area contributed by atoms with Gasteiger partial charge in [-0.05, 0) is 144 Å². The molecule has 0 radical (unpaired) electrons. The van der Waals surface area contributed by atoms with Gasteiger partial charge in [-0.2, -0.15) is 0 Å². The maximum Gasteiger partial charge on any atom is 0.417 e. The van der Waals surface area contributed by atoms with Crippen LogP contribution >= 0.6 is 0 Å². The first kappa shape index (κ1) is 120. The summed E-state index contributed by atoms with van der Waals surface area (Å²) in [7, 11) is 2.34. The van der Waals surface area contributed by atoms with Gasteiger partial charge in [-0.25, -0.2) is 28.8 Å². The summed E-state index contributed by atoms with van der Waals surface area (Å²) in [5.74, 6) is -3.01. The molecule has 4 aromatic rings. The average Bonchev–Trinajstić information content (AvgIpc) is 0.772. The fourth-order valence-corrected chi connectivity index (χ4v) is 19.3. The Labute approximate surface area is 832 Å². The predicted octanol–water partition coefficient (Wildman–Crippen LogP) is 31.4. The van der Waals surface area contributed by atoms with Crippen LogP contribution in [0.3, 0.4) is 0 Å². The number of esters is 6. The lowest BCUT2D eigenvalue weighted by Crippen LogP contribution is -2.19. The Bertz CT molecular complexity index is 3870. The molecule has 0 fully saturated rings. The van der Waals surface area contributed by atoms with Gasteiger partial charge in [0, 0.05) is 38.7 Å². The summed E-state index contributed by atoms with van der Waals surface area (Å²) in [6.45, 7) is 16.2. The number of aryl methyl sites for hydroxylation is 4. The van der Waals surface area contributed by atoms with Crippen LogP contribution in [0.5, 0.6) is 23.0 Å². The first-order valence-corrected chi connectivity index (χ1v) is 56.2. The molecule has 0 saturated carbocycles. The molecule has 4 aromatic carbocycles. The highest BCUT2D eigenvalue weighted by Gasteiger charge is 2.27. The lowest BCUT2D eigenvalue weighted by atomic mass is 9.87. The molecule has 1 aliphatic carbocycles. The molecule has 0 atom stereocenters. The van der Waals surface area contributed by atoms with Gasteiger partial charge in [-0.3, -0.25) is 4.79 Å². The molecule has 137 heavy (non-hydrogen) atoms. The molecule has 17 nitrogen and oxygen atoms in total. The maximum absolute atomic E-state index is 12.9. The number of Topliss-reactive ketones (excluding diaryl/α,β-unsaturated/α-hetero) is 1. The number of carbonyl (C=O) groups is 7. The van der Waals surface area contributed by atoms with Crippen molar-refractivity contribution in [1.29, 1.82) is 0 Å². The quantitative estimate of drug-likeness (QED) is 0.0116. The fraction of sp³-hybridized carbons (Fsp3) is 0.725. The van der Waals surface area contributed by atoms with Crippen LogP contribution in [0.25, 0.3) is 0 Å². The van der Waals surface area contributed by atoms with Crippen molar-refractivity contribution in [3.8, 4) is 23.0 Å². The number of ether oxygens (including phenoxy) is 10. The van der Waals surface area contributed by atoms with E-state index in [4.69, 9.17) is 47.4 Å². The molecule has 0 spiro atoms. The van der Waals surface area contributed by atoms with E-state index in [2.05, 4.69) is 82.8 Å². The van der Waals surface area contributed by atoms with Crippen LogP contribution in [0, 0.1) is 0 Å². The van der Waals surface area contributed by atoms with E-state index in [1.165, 1.54) is 335 Å². The Morgan fingerprint density at radius 1 is 0.226 bits per heavy atom. The van der Waals surface area contributed by atoms with Crippen LogP contribution < -0.4 is 18.9 Å². The first-order valence-electron chi connectivity index (χ1n) is 56.2. The standard InChI is InChI=1S/C120H192O17/c1-9-14-18-22-26-30-34-38-42-46-50-54-58-62-66-78-131-112-103-86-99(74-70-82-130-111(122)13-5)87-104(112)95-107-90-101(76-72-84-136-119(126)117(124)128-7)92-109(114(107)133-80-68-64-60-56-52-48-44-40-36-32-28-24-20-16-11-3)97-110-93-102(77-73-85-137-120(127)118(125)129-8)91-108(115(110)134-81-69-65-61-57-53-49-45-41-37-33-29-25-21-17-12-4)96-106-89-100(75-71-83-135-116(123)98(6)121)88-105(94-103)113(106)132-79-67-63-59-55-51-47-43-39-35-31-27-23-19-15-10-2/h13,86-93H,5,9-12,14-85,94-97H2,1-4,6-8H3. The molecule has 17 heteroatoms. The van der Waals surface area contributed by atoms with Crippen molar-refractivity contribution in [2.45, 2.75) is 497 Å². The number of benzene rings is 4. The Kier molecular flexibility index (Phi) is 70.8. The van der Waals surface area contributed by atoms with Crippen LogP contribution in [-0.2, 0) is 113 Å². The SMILES string of the molecule is C=CC(=O)OCCCc1cc2c(OCCCCCCCCCCCCCCCCC)c(c1)Cc1cc(CCCOC(=O)C(=O)OC)cc(c1OCCCCCCCCCCCCCCCCC)Cc1cc(CCCOC(=O)C(=O)OC)cc(c1OCCCCCCCCCCCCCCCCC)Cc1cc(CCCOC(=O)C(C)=O)cc(c1OCCCCCCCCCCCCCCCCC)C2. The van der Waals surface area contributed by atoms with Crippen molar-refractivity contribution in [2.75, 3.05) is 67.1 Å². The molecule has 0 aliphatic heterocycles. The summed E-state index contributed by atoms with van der Waals surface area (Å²) < 4.78 is 62.0. The van der Waals surface area contributed by atoms with Crippen LogP contribution in [0.4, 0.5) is 0 Å². The van der Waals surface area contributed by atoms with Gasteiger partial charge >= 0.3 is 35.8 Å². The second-order valence-electron chi connectivity index (χ2n) is 39.6. The summed E-state index contributed by atoms with van der Waals surface area (Å²) >= 11 is 0. The number of carbonyl (C=O) groups excluding carboxylic acids is 7. The number of hydrogen-bond acceptors (Lipinski definition) is 17. The van der Waals surface area contributed by atoms with Gasteiger partial charge in [0.15, 0.2) is 0 Å². The van der Waals surface area contributed by atoms with E-state index in [1.807, 2.05) is 0 Å². The van der Waals surface area contributed by atoms with Crippen molar-refractivity contribution in [3.05, 3.63) is 128 Å². The Morgan fingerprint density at radius 2 is 0.394 bits per heavy atom. The van der Waals surface area contributed by atoms with E-state index in [1.54, 1.807) is 0 Å². The van der Waals surface area contributed by atoms with E-state index in [9.17, 15) is 33.6 Å². The lowest BCUT2D eigenvalue weighted by Gasteiger charge is -2.25. The van der Waals surface area contributed by atoms with Crippen molar-refractivity contribution >= 4 is 41.6 Å². The number of rotatable bonds is 86. The fourth-order valence-electron chi connectivity index (χ4n) is 19.3. The van der Waals surface area contributed by atoms with E-state index in [0.29, 0.717) is 103 Å².